The van der Waals surface area contributed by atoms with Crippen molar-refractivity contribution in [3.8, 4) is 0 Å². The van der Waals surface area contributed by atoms with E-state index in [4.69, 9.17) is 4.74 Å². The monoisotopic (exact) mass is 196 g/mol. The Labute approximate surface area is 86.0 Å². The summed E-state index contributed by atoms with van der Waals surface area (Å²) < 4.78 is 5.21. The van der Waals surface area contributed by atoms with Crippen LogP contribution in [-0.2, 0) is 4.74 Å². The molecule has 0 radical (unpaired) electrons. The van der Waals surface area contributed by atoms with Gasteiger partial charge in [0.1, 0.15) is 0 Å². The molecular formula is C12H20O2. The van der Waals surface area contributed by atoms with Crippen LogP contribution >= 0.6 is 0 Å². The second-order valence-electron chi connectivity index (χ2n) is 4.64. The van der Waals surface area contributed by atoms with E-state index in [-0.39, 0.29) is 11.5 Å². The van der Waals surface area contributed by atoms with Gasteiger partial charge >= 0.3 is 0 Å². The summed E-state index contributed by atoms with van der Waals surface area (Å²) in [7, 11) is 0. The van der Waals surface area contributed by atoms with E-state index in [9.17, 15) is 5.11 Å². The Bertz CT molecular complexity index is 226. The Morgan fingerprint density at radius 3 is 2.71 bits per heavy atom. The van der Waals surface area contributed by atoms with Crippen LogP contribution in [0.3, 0.4) is 0 Å². The maximum absolute atomic E-state index is 10.4. The highest BCUT2D eigenvalue weighted by Crippen LogP contribution is 2.46. The molecule has 0 aromatic carbocycles. The number of ether oxygens (including phenoxy) is 1. The Balaban J connectivity index is 2.10. The number of aliphatic hydroxyl groups excluding tert-OH is 1. The molecule has 1 heterocycles. The molecule has 1 atom stereocenters. The van der Waals surface area contributed by atoms with Gasteiger partial charge in [-0.3, -0.25) is 0 Å². The van der Waals surface area contributed by atoms with Crippen molar-refractivity contribution in [3.63, 3.8) is 0 Å². The van der Waals surface area contributed by atoms with Gasteiger partial charge in [-0.25, -0.2) is 0 Å². The molecule has 1 fully saturated rings. The van der Waals surface area contributed by atoms with Crippen LogP contribution in [0.4, 0.5) is 0 Å². The van der Waals surface area contributed by atoms with Gasteiger partial charge < -0.3 is 9.84 Å². The molecule has 2 rings (SSSR count). The molecule has 80 valence electrons. The second-order valence-corrected chi connectivity index (χ2v) is 4.64. The summed E-state index contributed by atoms with van der Waals surface area (Å²) in [4.78, 5) is 0. The predicted octanol–water partition coefficient (Wildman–Crippen LogP) is 2.62. The second kappa shape index (κ2) is 3.93. The van der Waals surface area contributed by atoms with E-state index >= 15 is 0 Å². The molecule has 2 heteroatoms. The number of hydrogen-bond donors (Lipinski definition) is 1. The summed E-state index contributed by atoms with van der Waals surface area (Å²) in [6, 6.07) is 0. The molecular weight excluding hydrogens is 176 g/mol. The third-order valence-electron chi connectivity index (χ3n) is 3.98. The minimum Gasteiger partial charge on any atom is -0.501 e. The maximum Gasteiger partial charge on any atom is 0.0912 e. The zero-order valence-electron chi connectivity index (χ0n) is 8.96. The SMILES string of the molecule is CCC1(C(O)C2=COCC2)CCCC1. The molecule has 1 aliphatic heterocycles. The van der Waals surface area contributed by atoms with Gasteiger partial charge in [-0.1, -0.05) is 19.8 Å². The van der Waals surface area contributed by atoms with Crippen LogP contribution in [0.2, 0.25) is 0 Å². The first-order chi connectivity index (χ1) is 6.78. The van der Waals surface area contributed by atoms with Crippen LogP contribution in [0.15, 0.2) is 11.8 Å². The highest BCUT2D eigenvalue weighted by Gasteiger charge is 2.41. The van der Waals surface area contributed by atoms with Gasteiger partial charge in [-0.2, -0.15) is 0 Å². The Morgan fingerprint density at radius 1 is 1.50 bits per heavy atom. The van der Waals surface area contributed by atoms with Gasteiger partial charge in [0.25, 0.3) is 0 Å². The summed E-state index contributed by atoms with van der Waals surface area (Å²) in [5, 5.41) is 10.4. The van der Waals surface area contributed by atoms with Gasteiger partial charge in [0, 0.05) is 11.8 Å². The summed E-state index contributed by atoms with van der Waals surface area (Å²) in [6.07, 6.45) is 8.45. The minimum absolute atomic E-state index is 0.166. The standard InChI is InChI=1S/C12H20O2/c1-2-12(6-3-4-7-12)11(13)10-5-8-14-9-10/h9,11,13H,2-8H2,1H3. The van der Waals surface area contributed by atoms with Gasteiger partial charge in [0.15, 0.2) is 0 Å². The van der Waals surface area contributed by atoms with Crippen molar-refractivity contribution in [1.29, 1.82) is 0 Å². The molecule has 0 aromatic rings. The number of aliphatic hydroxyl groups is 1. The van der Waals surface area contributed by atoms with Crippen LogP contribution in [0, 0.1) is 5.41 Å². The quantitative estimate of drug-likeness (QED) is 0.752. The first-order valence-electron chi connectivity index (χ1n) is 5.77. The summed E-state index contributed by atoms with van der Waals surface area (Å²) in [5.41, 5.74) is 1.29. The number of rotatable bonds is 3. The topological polar surface area (TPSA) is 29.5 Å². The molecule has 2 nitrogen and oxygen atoms in total. The summed E-state index contributed by atoms with van der Waals surface area (Å²) in [5.74, 6) is 0. The minimum atomic E-state index is -0.252. The van der Waals surface area contributed by atoms with Gasteiger partial charge in [-0.15, -0.1) is 0 Å². The zero-order chi connectivity index (χ0) is 10.0. The molecule has 2 aliphatic rings. The van der Waals surface area contributed by atoms with Crippen LogP contribution in [-0.4, -0.2) is 17.8 Å². The van der Waals surface area contributed by atoms with Crippen LogP contribution in [0.5, 0.6) is 0 Å². The molecule has 0 spiro atoms. The first-order valence-corrected chi connectivity index (χ1v) is 5.77. The fourth-order valence-corrected chi connectivity index (χ4v) is 2.90. The van der Waals surface area contributed by atoms with Crippen LogP contribution in [0.25, 0.3) is 0 Å². The normalized spacial score (nSPS) is 27.1. The maximum atomic E-state index is 10.4. The Hall–Kier alpha value is -0.500. The highest BCUT2D eigenvalue weighted by atomic mass is 16.5. The lowest BCUT2D eigenvalue weighted by molar-refractivity contribution is 0.0520. The van der Waals surface area contributed by atoms with E-state index < -0.39 is 0 Å². The predicted molar refractivity (Wildman–Crippen MR) is 55.9 cm³/mol. The zero-order valence-corrected chi connectivity index (χ0v) is 8.96. The molecule has 0 amide bonds. The Morgan fingerprint density at radius 2 is 2.21 bits per heavy atom. The fraction of sp³-hybridized carbons (Fsp3) is 0.833. The smallest absolute Gasteiger partial charge is 0.0912 e. The van der Waals surface area contributed by atoms with Crippen molar-refractivity contribution in [1.82, 2.24) is 0 Å². The molecule has 0 aromatic heterocycles. The third-order valence-corrected chi connectivity index (χ3v) is 3.98. The van der Waals surface area contributed by atoms with Crippen molar-refractivity contribution in [2.75, 3.05) is 6.61 Å². The molecule has 1 saturated carbocycles. The third kappa shape index (κ3) is 1.56. The first kappa shape index (κ1) is 10.0. The average molecular weight is 196 g/mol. The van der Waals surface area contributed by atoms with E-state index in [0.717, 1.165) is 25.0 Å². The lowest BCUT2D eigenvalue weighted by Crippen LogP contribution is -2.33. The summed E-state index contributed by atoms with van der Waals surface area (Å²) in [6.45, 7) is 2.96. The summed E-state index contributed by atoms with van der Waals surface area (Å²) >= 11 is 0. The van der Waals surface area contributed by atoms with Crippen molar-refractivity contribution < 1.29 is 9.84 Å². The lowest BCUT2D eigenvalue weighted by Gasteiger charge is -2.33. The van der Waals surface area contributed by atoms with E-state index in [0.29, 0.717) is 0 Å². The fourth-order valence-electron chi connectivity index (χ4n) is 2.90. The Kier molecular flexibility index (Phi) is 2.82. The highest BCUT2D eigenvalue weighted by molar-refractivity contribution is 5.14. The van der Waals surface area contributed by atoms with Gasteiger partial charge in [0.2, 0.25) is 0 Å². The van der Waals surface area contributed by atoms with E-state index in [1.165, 1.54) is 25.7 Å². The number of hydrogen-bond acceptors (Lipinski definition) is 2. The average Bonchev–Trinajstić information content (AvgIpc) is 2.89. The van der Waals surface area contributed by atoms with Crippen molar-refractivity contribution in [2.45, 2.75) is 51.6 Å². The van der Waals surface area contributed by atoms with E-state index in [1.54, 1.807) is 6.26 Å². The molecule has 0 bridgehead atoms. The van der Waals surface area contributed by atoms with Crippen LogP contribution < -0.4 is 0 Å². The van der Waals surface area contributed by atoms with E-state index in [1.807, 2.05) is 0 Å². The van der Waals surface area contributed by atoms with Crippen molar-refractivity contribution in [2.24, 2.45) is 5.41 Å². The van der Waals surface area contributed by atoms with Crippen molar-refractivity contribution in [3.05, 3.63) is 11.8 Å². The molecule has 14 heavy (non-hydrogen) atoms. The van der Waals surface area contributed by atoms with Gasteiger partial charge in [-0.05, 0) is 24.8 Å². The lowest BCUT2D eigenvalue weighted by atomic mass is 9.75. The molecule has 1 N–H and O–H groups in total. The molecule has 1 aliphatic carbocycles. The molecule has 0 saturated heterocycles. The van der Waals surface area contributed by atoms with E-state index in [2.05, 4.69) is 6.92 Å². The van der Waals surface area contributed by atoms with Crippen LogP contribution in [0.1, 0.15) is 45.4 Å². The van der Waals surface area contributed by atoms with Gasteiger partial charge in [0.05, 0.1) is 19.0 Å². The molecule has 1 unspecified atom stereocenters. The van der Waals surface area contributed by atoms with Crippen molar-refractivity contribution >= 4 is 0 Å². The largest absolute Gasteiger partial charge is 0.501 e.